The normalized spacial score (nSPS) is 21.2. The number of aliphatic hydroxyl groups excluding tert-OH is 1. The van der Waals surface area contributed by atoms with E-state index in [-0.39, 0.29) is 5.41 Å². The van der Waals surface area contributed by atoms with Gasteiger partial charge in [-0.2, -0.15) is 0 Å². The molecule has 0 heterocycles. The lowest BCUT2D eigenvalue weighted by Gasteiger charge is -2.22. The minimum atomic E-state index is -0.499. The van der Waals surface area contributed by atoms with Crippen molar-refractivity contribution in [2.24, 2.45) is 0 Å². The van der Waals surface area contributed by atoms with Crippen LogP contribution in [0, 0.1) is 0 Å². The number of benzene rings is 1. The van der Waals surface area contributed by atoms with E-state index in [1.165, 1.54) is 0 Å². The highest BCUT2D eigenvalue weighted by Crippen LogP contribution is 2.54. The second kappa shape index (κ2) is 4.18. The van der Waals surface area contributed by atoms with E-state index < -0.39 is 6.10 Å². The van der Waals surface area contributed by atoms with Gasteiger partial charge in [0.1, 0.15) is 11.5 Å². The molecule has 94 valence electrons. The zero-order valence-electron chi connectivity index (χ0n) is 10.5. The summed E-state index contributed by atoms with van der Waals surface area (Å²) >= 11 is 3.45. The van der Waals surface area contributed by atoms with Crippen LogP contribution in [0.25, 0.3) is 0 Å². The molecule has 3 nitrogen and oxygen atoms in total. The first-order valence-electron chi connectivity index (χ1n) is 5.55. The third-order valence-electron chi connectivity index (χ3n) is 3.37. The minimum absolute atomic E-state index is 0.103. The third-order valence-corrected chi connectivity index (χ3v) is 3.96. The van der Waals surface area contributed by atoms with Gasteiger partial charge in [-0.3, -0.25) is 0 Å². The van der Waals surface area contributed by atoms with Gasteiger partial charge in [-0.05, 0) is 33.8 Å². The largest absolute Gasteiger partial charge is 0.496 e. The number of methoxy groups -OCH3 is 2. The summed E-state index contributed by atoms with van der Waals surface area (Å²) < 4.78 is 11.6. The van der Waals surface area contributed by atoms with Gasteiger partial charge in [-0.15, -0.1) is 0 Å². The number of rotatable bonds is 2. The average Bonchev–Trinajstić information content (AvgIpc) is 2.48. The van der Waals surface area contributed by atoms with Crippen molar-refractivity contribution in [3.05, 3.63) is 21.7 Å². The molecule has 1 N–H and O–H groups in total. The van der Waals surface area contributed by atoms with Gasteiger partial charge in [0.05, 0.1) is 24.8 Å². The van der Waals surface area contributed by atoms with E-state index in [1.807, 2.05) is 6.07 Å². The molecule has 1 aliphatic carbocycles. The Morgan fingerprint density at radius 3 is 2.53 bits per heavy atom. The van der Waals surface area contributed by atoms with Gasteiger partial charge in [-0.25, -0.2) is 0 Å². The summed E-state index contributed by atoms with van der Waals surface area (Å²) in [4.78, 5) is 0. The highest BCUT2D eigenvalue weighted by atomic mass is 79.9. The Hall–Kier alpha value is -0.740. The standard InChI is InChI=1S/C13H17BrO3/c1-13(2)6-8(15)10-11(13)9(16-3)5-7(14)12(10)17-4/h5,8,15H,6H2,1-4H3/t8-/m0/s1. The Labute approximate surface area is 110 Å². The summed E-state index contributed by atoms with van der Waals surface area (Å²) in [5, 5.41) is 10.2. The van der Waals surface area contributed by atoms with Crippen molar-refractivity contribution in [1.82, 2.24) is 0 Å². The van der Waals surface area contributed by atoms with E-state index in [0.29, 0.717) is 12.2 Å². The monoisotopic (exact) mass is 300 g/mol. The molecule has 0 bridgehead atoms. The van der Waals surface area contributed by atoms with Crippen LogP contribution in [0.1, 0.15) is 37.5 Å². The molecule has 1 aliphatic rings. The van der Waals surface area contributed by atoms with Gasteiger partial charge in [0.2, 0.25) is 0 Å². The van der Waals surface area contributed by atoms with E-state index >= 15 is 0 Å². The molecule has 0 saturated carbocycles. The van der Waals surface area contributed by atoms with Crippen LogP contribution in [0.15, 0.2) is 10.5 Å². The number of ether oxygens (including phenoxy) is 2. The van der Waals surface area contributed by atoms with Crippen LogP contribution in [-0.2, 0) is 5.41 Å². The maximum atomic E-state index is 10.2. The van der Waals surface area contributed by atoms with E-state index in [9.17, 15) is 5.11 Å². The summed E-state index contributed by atoms with van der Waals surface area (Å²) in [5.41, 5.74) is 1.80. The Bertz CT molecular complexity index is 454. The molecular formula is C13H17BrO3. The third kappa shape index (κ3) is 1.83. The molecular weight excluding hydrogens is 284 g/mol. The molecule has 0 unspecified atom stereocenters. The van der Waals surface area contributed by atoms with Crippen LogP contribution >= 0.6 is 15.9 Å². The Morgan fingerprint density at radius 1 is 1.35 bits per heavy atom. The number of halogens is 1. The smallest absolute Gasteiger partial charge is 0.139 e. The Balaban J connectivity index is 2.77. The van der Waals surface area contributed by atoms with Gasteiger partial charge in [-0.1, -0.05) is 13.8 Å². The van der Waals surface area contributed by atoms with Crippen molar-refractivity contribution in [2.45, 2.75) is 31.8 Å². The van der Waals surface area contributed by atoms with Gasteiger partial charge >= 0.3 is 0 Å². The lowest BCUT2D eigenvalue weighted by molar-refractivity contribution is 0.158. The van der Waals surface area contributed by atoms with Crippen molar-refractivity contribution in [1.29, 1.82) is 0 Å². The highest BCUT2D eigenvalue weighted by molar-refractivity contribution is 9.10. The van der Waals surface area contributed by atoms with Gasteiger partial charge in [0.25, 0.3) is 0 Å². The first-order valence-corrected chi connectivity index (χ1v) is 6.34. The molecule has 0 radical (unpaired) electrons. The summed E-state index contributed by atoms with van der Waals surface area (Å²) in [7, 11) is 3.26. The molecule has 0 fully saturated rings. The van der Waals surface area contributed by atoms with Gasteiger partial charge < -0.3 is 14.6 Å². The predicted molar refractivity (Wildman–Crippen MR) is 69.8 cm³/mol. The molecule has 1 aromatic rings. The number of hydrogen-bond donors (Lipinski definition) is 1. The van der Waals surface area contributed by atoms with E-state index in [1.54, 1.807) is 14.2 Å². The molecule has 1 atom stereocenters. The van der Waals surface area contributed by atoms with Crippen LogP contribution in [0.3, 0.4) is 0 Å². The zero-order valence-corrected chi connectivity index (χ0v) is 12.1. The second-order valence-corrected chi connectivity index (χ2v) is 5.84. The van der Waals surface area contributed by atoms with Gasteiger partial charge in [0.15, 0.2) is 0 Å². The molecule has 0 aromatic heterocycles. The topological polar surface area (TPSA) is 38.7 Å². The molecule has 4 heteroatoms. The van der Waals surface area contributed by atoms with Crippen molar-refractivity contribution in [3.63, 3.8) is 0 Å². The van der Waals surface area contributed by atoms with Crippen LogP contribution in [0.4, 0.5) is 0 Å². The number of aliphatic hydroxyl groups is 1. The lowest BCUT2D eigenvalue weighted by atomic mass is 9.86. The fraction of sp³-hybridized carbons (Fsp3) is 0.538. The highest BCUT2D eigenvalue weighted by Gasteiger charge is 2.41. The quantitative estimate of drug-likeness (QED) is 0.912. The average molecular weight is 301 g/mol. The first kappa shape index (κ1) is 12.7. The lowest BCUT2D eigenvalue weighted by Crippen LogP contribution is -2.13. The van der Waals surface area contributed by atoms with Crippen molar-refractivity contribution in [2.75, 3.05) is 14.2 Å². The van der Waals surface area contributed by atoms with E-state index in [2.05, 4.69) is 29.8 Å². The van der Waals surface area contributed by atoms with Gasteiger partial charge in [0, 0.05) is 11.1 Å². The molecule has 17 heavy (non-hydrogen) atoms. The van der Waals surface area contributed by atoms with Crippen LogP contribution in [-0.4, -0.2) is 19.3 Å². The predicted octanol–water partition coefficient (Wildman–Crippen LogP) is 3.18. The summed E-state index contributed by atoms with van der Waals surface area (Å²) in [6.07, 6.45) is 0.187. The minimum Gasteiger partial charge on any atom is -0.496 e. The van der Waals surface area contributed by atoms with Crippen LogP contribution in [0.5, 0.6) is 11.5 Å². The maximum absolute atomic E-state index is 10.2. The number of fused-ring (bicyclic) bond motifs is 1. The fourth-order valence-corrected chi connectivity index (χ4v) is 3.28. The van der Waals surface area contributed by atoms with E-state index in [4.69, 9.17) is 9.47 Å². The first-order chi connectivity index (χ1) is 7.92. The molecule has 0 aliphatic heterocycles. The summed E-state index contributed by atoms with van der Waals surface area (Å²) in [5.74, 6) is 1.51. The molecule has 0 saturated heterocycles. The number of hydrogen-bond acceptors (Lipinski definition) is 3. The Kier molecular flexibility index (Phi) is 3.12. The van der Waals surface area contributed by atoms with E-state index in [0.717, 1.165) is 21.3 Å². The maximum Gasteiger partial charge on any atom is 0.139 e. The molecule has 0 spiro atoms. The summed E-state index contributed by atoms with van der Waals surface area (Å²) in [6.45, 7) is 4.22. The fourth-order valence-electron chi connectivity index (χ4n) is 2.70. The molecule has 0 amide bonds. The van der Waals surface area contributed by atoms with Crippen LogP contribution in [0.2, 0.25) is 0 Å². The zero-order chi connectivity index (χ0) is 12.8. The SMILES string of the molecule is COc1cc(Br)c(OC)c2c1C(C)(C)C[C@@H]2O. The van der Waals surface area contributed by atoms with Crippen LogP contribution < -0.4 is 9.47 Å². The molecule has 1 aromatic carbocycles. The molecule has 2 rings (SSSR count). The van der Waals surface area contributed by atoms with Crippen molar-refractivity contribution < 1.29 is 14.6 Å². The second-order valence-electron chi connectivity index (χ2n) is 4.99. The summed E-state index contributed by atoms with van der Waals surface area (Å²) in [6, 6.07) is 1.90. The van der Waals surface area contributed by atoms with Crippen molar-refractivity contribution >= 4 is 15.9 Å². The Morgan fingerprint density at radius 2 is 2.00 bits per heavy atom. The van der Waals surface area contributed by atoms with Crippen molar-refractivity contribution in [3.8, 4) is 11.5 Å².